The highest BCUT2D eigenvalue weighted by Crippen LogP contribution is 2.68. The molecule has 0 bridgehead atoms. The van der Waals surface area contributed by atoms with Crippen LogP contribution in [0.2, 0.25) is 0 Å². The fourth-order valence-electron chi connectivity index (χ4n) is 11.3. The van der Waals surface area contributed by atoms with E-state index in [-0.39, 0.29) is 23.0 Å². The number of rotatable bonds is 6. The molecule has 4 saturated carbocycles. The van der Waals surface area contributed by atoms with E-state index in [1.54, 1.807) is 0 Å². The lowest BCUT2D eigenvalue weighted by atomic mass is 9.43. The molecule has 43 heavy (non-hydrogen) atoms. The number of hydrogen-bond donors (Lipinski definition) is 2. The van der Waals surface area contributed by atoms with E-state index in [1.807, 2.05) is 6.07 Å². The minimum absolute atomic E-state index is 0.180. The number of fused-ring (bicyclic) bond motifs is 6. The molecule has 1 saturated heterocycles. The molecule has 6 aliphatic rings. The third-order valence-corrected chi connectivity index (χ3v) is 13.8. The molecule has 0 aromatic heterocycles. The average molecular weight is 595 g/mol. The summed E-state index contributed by atoms with van der Waals surface area (Å²) < 4.78 is 11.0. The summed E-state index contributed by atoms with van der Waals surface area (Å²) in [5.41, 5.74) is 1.76. The van der Waals surface area contributed by atoms with Crippen molar-refractivity contribution in [3.05, 3.63) is 23.8 Å². The van der Waals surface area contributed by atoms with Crippen LogP contribution in [0.3, 0.4) is 0 Å². The highest BCUT2D eigenvalue weighted by Gasteiger charge is 2.62. The van der Waals surface area contributed by atoms with Crippen LogP contribution in [0, 0.1) is 46.3 Å². The zero-order valence-corrected chi connectivity index (χ0v) is 26.7. The predicted molar refractivity (Wildman–Crippen MR) is 165 cm³/mol. The first kappa shape index (κ1) is 29.9. The molecule has 1 amide bonds. The topological polar surface area (TPSA) is 82.5 Å². The second kappa shape index (κ2) is 11.5. The van der Waals surface area contributed by atoms with Gasteiger partial charge < -0.3 is 24.6 Å². The summed E-state index contributed by atoms with van der Waals surface area (Å²) in [5, 5.41) is 21.9. The zero-order valence-electron chi connectivity index (χ0n) is 26.7. The van der Waals surface area contributed by atoms with Crippen molar-refractivity contribution in [2.45, 2.75) is 104 Å². The van der Waals surface area contributed by atoms with Gasteiger partial charge in [-0.2, -0.15) is 0 Å². The first-order chi connectivity index (χ1) is 20.7. The number of aliphatic hydroxyl groups excluding tert-OH is 2. The first-order valence-corrected chi connectivity index (χ1v) is 17.4. The molecule has 4 aliphatic carbocycles. The SMILES string of the molecule is CC(CCC(=O)N1CCN(Cc2ccc3c(c2)OCO3)CC1)C1CCC2C3C(O)CC4CC(O)CCC4(C)C3CCC12C. The molecule has 10 atom stereocenters. The molecule has 238 valence electrons. The maximum Gasteiger partial charge on any atom is 0.231 e. The second-order valence-electron chi connectivity index (χ2n) is 15.8. The molecule has 2 aliphatic heterocycles. The van der Waals surface area contributed by atoms with Crippen molar-refractivity contribution in [2.75, 3.05) is 33.0 Å². The molecule has 1 aromatic carbocycles. The summed E-state index contributed by atoms with van der Waals surface area (Å²) in [7, 11) is 0. The van der Waals surface area contributed by atoms with Crippen LogP contribution in [-0.2, 0) is 11.3 Å². The van der Waals surface area contributed by atoms with E-state index < -0.39 is 0 Å². The van der Waals surface area contributed by atoms with E-state index in [4.69, 9.17) is 9.47 Å². The van der Waals surface area contributed by atoms with Gasteiger partial charge in [-0.15, -0.1) is 0 Å². The summed E-state index contributed by atoms with van der Waals surface area (Å²) in [5.74, 6) is 5.18. The number of ether oxygens (including phenoxy) is 2. The van der Waals surface area contributed by atoms with Gasteiger partial charge in [-0.25, -0.2) is 0 Å². The Morgan fingerprint density at radius 2 is 1.70 bits per heavy atom. The van der Waals surface area contributed by atoms with Crippen LogP contribution < -0.4 is 9.47 Å². The van der Waals surface area contributed by atoms with Gasteiger partial charge >= 0.3 is 0 Å². The van der Waals surface area contributed by atoms with Gasteiger partial charge in [0.15, 0.2) is 11.5 Å². The fraction of sp³-hybridized carbons (Fsp3) is 0.806. The molecule has 0 radical (unpaired) electrons. The summed E-state index contributed by atoms with van der Waals surface area (Å²) in [6, 6.07) is 6.18. The van der Waals surface area contributed by atoms with Crippen molar-refractivity contribution in [2.24, 2.45) is 46.3 Å². The van der Waals surface area contributed by atoms with Gasteiger partial charge in [0.05, 0.1) is 12.2 Å². The van der Waals surface area contributed by atoms with Crippen molar-refractivity contribution in [3.8, 4) is 11.5 Å². The second-order valence-corrected chi connectivity index (χ2v) is 15.8. The van der Waals surface area contributed by atoms with E-state index in [0.29, 0.717) is 54.6 Å². The minimum Gasteiger partial charge on any atom is -0.454 e. The Balaban J connectivity index is 0.914. The van der Waals surface area contributed by atoms with Crippen LogP contribution in [0.5, 0.6) is 11.5 Å². The quantitative estimate of drug-likeness (QED) is 0.455. The lowest BCUT2D eigenvalue weighted by molar-refractivity contribution is -0.174. The Kier molecular flexibility index (Phi) is 7.99. The Bertz CT molecular complexity index is 1180. The van der Waals surface area contributed by atoms with Gasteiger partial charge in [-0.3, -0.25) is 9.69 Å². The number of carbonyl (C=O) groups is 1. The maximum absolute atomic E-state index is 13.3. The third kappa shape index (κ3) is 5.29. The van der Waals surface area contributed by atoms with Crippen LogP contribution in [0.25, 0.3) is 0 Å². The largest absolute Gasteiger partial charge is 0.454 e. The molecular formula is C36H54N2O5. The lowest BCUT2D eigenvalue weighted by Crippen LogP contribution is -2.58. The molecule has 0 spiro atoms. The molecule has 10 unspecified atom stereocenters. The molecule has 5 fully saturated rings. The van der Waals surface area contributed by atoms with E-state index in [2.05, 4.69) is 42.7 Å². The van der Waals surface area contributed by atoms with Crippen LogP contribution in [-0.4, -0.2) is 71.1 Å². The number of benzene rings is 1. The van der Waals surface area contributed by atoms with Gasteiger partial charge in [0.1, 0.15) is 0 Å². The van der Waals surface area contributed by atoms with Gasteiger partial charge in [0.25, 0.3) is 0 Å². The average Bonchev–Trinajstić information content (AvgIpc) is 3.61. The lowest BCUT2D eigenvalue weighted by Gasteiger charge is -2.62. The van der Waals surface area contributed by atoms with E-state index >= 15 is 0 Å². The van der Waals surface area contributed by atoms with Crippen molar-refractivity contribution in [1.29, 1.82) is 0 Å². The molecule has 2 N–H and O–H groups in total. The van der Waals surface area contributed by atoms with Gasteiger partial charge in [-0.1, -0.05) is 26.8 Å². The Hall–Kier alpha value is -1.83. The fourth-order valence-corrected chi connectivity index (χ4v) is 11.3. The molecule has 1 aromatic rings. The molecule has 2 heterocycles. The molecule has 7 rings (SSSR count). The van der Waals surface area contributed by atoms with Crippen molar-refractivity contribution < 1.29 is 24.5 Å². The van der Waals surface area contributed by atoms with E-state index in [0.717, 1.165) is 76.3 Å². The van der Waals surface area contributed by atoms with Crippen molar-refractivity contribution >= 4 is 5.91 Å². The third-order valence-electron chi connectivity index (χ3n) is 13.8. The monoisotopic (exact) mass is 594 g/mol. The standard InChI is InChI=1S/C36H54N2O5/c1-23(4-9-33(41)38-16-14-37(15-17-38)21-24-5-8-31-32(18-24)43-22-42-31)27-6-7-28-34-29(11-13-36(27,28)3)35(2)12-10-26(39)19-25(35)20-30(34)40/h5,8,18,23,25-30,34,39-40H,4,6-7,9-17,19-22H2,1-3H3. The Morgan fingerprint density at radius 1 is 0.953 bits per heavy atom. The first-order valence-electron chi connectivity index (χ1n) is 17.4. The summed E-state index contributed by atoms with van der Waals surface area (Å²) in [6.07, 6.45) is 9.95. The van der Waals surface area contributed by atoms with Gasteiger partial charge in [-0.05, 0) is 122 Å². The normalized spacial score (nSPS) is 41.3. The van der Waals surface area contributed by atoms with Crippen LogP contribution in [0.4, 0.5) is 0 Å². The minimum atomic E-state index is -0.225. The number of aliphatic hydroxyl groups is 2. The number of hydrogen-bond acceptors (Lipinski definition) is 6. The molecule has 7 nitrogen and oxygen atoms in total. The highest BCUT2D eigenvalue weighted by molar-refractivity contribution is 5.76. The number of nitrogens with zero attached hydrogens (tertiary/aromatic N) is 2. The Labute approximate surface area is 258 Å². The summed E-state index contributed by atoms with van der Waals surface area (Å²) in [4.78, 5) is 17.8. The van der Waals surface area contributed by atoms with Gasteiger partial charge in [0.2, 0.25) is 12.7 Å². The number of amides is 1. The number of carbonyl (C=O) groups excluding carboxylic acids is 1. The van der Waals surface area contributed by atoms with Crippen molar-refractivity contribution in [1.82, 2.24) is 9.80 Å². The maximum atomic E-state index is 13.3. The number of piperazine rings is 1. The summed E-state index contributed by atoms with van der Waals surface area (Å²) in [6.45, 7) is 12.0. The Morgan fingerprint density at radius 3 is 2.51 bits per heavy atom. The molecule has 7 heteroatoms. The van der Waals surface area contributed by atoms with Crippen LogP contribution in [0.15, 0.2) is 18.2 Å². The van der Waals surface area contributed by atoms with E-state index in [9.17, 15) is 15.0 Å². The zero-order chi connectivity index (χ0) is 29.9. The smallest absolute Gasteiger partial charge is 0.231 e. The summed E-state index contributed by atoms with van der Waals surface area (Å²) >= 11 is 0. The van der Waals surface area contributed by atoms with Crippen LogP contribution >= 0.6 is 0 Å². The predicted octanol–water partition coefficient (Wildman–Crippen LogP) is 5.47. The van der Waals surface area contributed by atoms with Gasteiger partial charge in [0, 0.05) is 39.1 Å². The molecular weight excluding hydrogens is 540 g/mol. The van der Waals surface area contributed by atoms with E-state index in [1.165, 1.54) is 31.2 Å². The van der Waals surface area contributed by atoms with Crippen molar-refractivity contribution in [3.63, 3.8) is 0 Å². The highest BCUT2D eigenvalue weighted by atomic mass is 16.7. The van der Waals surface area contributed by atoms with Crippen LogP contribution in [0.1, 0.15) is 90.5 Å².